The Labute approximate surface area is 264 Å². The maximum atomic E-state index is 11.4. The number of aryl methyl sites for hydroxylation is 1. The number of hydrogen-bond donors (Lipinski definition) is 0. The number of rotatable bonds is 10. The van der Waals surface area contributed by atoms with Crippen LogP contribution in [0.25, 0.3) is 37.8 Å². The molecule has 0 amide bonds. The Morgan fingerprint density at radius 1 is 0.841 bits per heavy atom. The van der Waals surface area contributed by atoms with E-state index in [1.165, 1.54) is 0 Å². The first-order valence-corrected chi connectivity index (χ1v) is 18.8. The molecule has 228 valence electrons. The van der Waals surface area contributed by atoms with Crippen molar-refractivity contribution in [1.82, 2.24) is 0 Å². The first kappa shape index (κ1) is 30.8. The summed E-state index contributed by atoms with van der Waals surface area (Å²) in [6, 6.07) is 24.4. The molecule has 0 saturated carbocycles. The fourth-order valence-corrected chi connectivity index (χ4v) is 9.20. The van der Waals surface area contributed by atoms with Crippen molar-refractivity contribution in [2.24, 2.45) is 0 Å². The van der Waals surface area contributed by atoms with E-state index in [-0.39, 0.29) is 12.8 Å². The van der Waals surface area contributed by atoms with Gasteiger partial charge in [-0.15, -0.1) is 0 Å². The lowest BCUT2D eigenvalue weighted by atomic mass is 10.1. The van der Waals surface area contributed by atoms with E-state index in [2.05, 4.69) is 45.9 Å². The largest absolute Gasteiger partial charge is 0.748 e. The number of aromatic nitrogens is 1. The molecule has 1 aromatic heterocycles. The molecule has 44 heavy (non-hydrogen) atoms. The topological polar surface area (TPSA) is 122 Å². The minimum Gasteiger partial charge on any atom is -0.748 e. The molecule has 6 rings (SSSR count). The van der Waals surface area contributed by atoms with Crippen LogP contribution in [0, 0.1) is 0 Å². The van der Waals surface area contributed by atoms with Crippen molar-refractivity contribution in [3.63, 3.8) is 0 Å². The Balaban J connectivity index is 1.40. The van der Waals surface area contributed by atoms with Gasteiger partial charge >= 0.3 is 0 Å². The van der Waals surface area contributed by atoms with Gasteiger partial charge in [-0.3, -0.25) is 0 Å². The number of fused-ring (bicyclic) bond motifs is 6. The van der Waals surface area contributed by atoms with Gasteiger partial charge in [0.1, 0.15) is 4.70 Å². The van der Waals surface area contributed by atoms with E-state index in [4.69, 9.17) is 0 Å². The quantitative estimate of drug-likeness (QED) is 0.127. The number of thiazole rings is 1. The average Bonchev–Trinajstić information content (AvgIpc) is 3.49. The Hall–Kier alpha value is -3.26. The molecule has 0 N–H and O–H groups in total. The van der Waals surface area contributed by atoms with E-state index >= 15 is 0 Å². The predicted molar refractivity (Wildman–Crippen MR) is 177 cm³/mol. The minimum atomic E-state index is -4.33. The van der Waals surface area contributed by atoms with Crippen LogP contribution in [0.1, 0.15) is 24.8 Å². The minimum absolute atomic E-state index is 0.199. The highest BCUT2D eigenvalue weighted by Crippen LogP contribution is 2.49. The van der Waals surface area contributed by atoms with Gasteiger partial charge in [0.15, 0.2) is 6.54 Å². The monoisotopic (exact) mass is 665 g/mol. The number of hydrogen-bond acceptors (Lipinski definition) is 9. The van der Waals surface area contributed by atoms with Crippen molar-refractivity contribution < 1.29 is 30.5 Å². The molecule has 0 saturated heterocycles. The molecule has 0 radical (unpaired) electrons. The van der Waals surface area contributed by atoms with Gasteiger partial charge in [-0.05, 0) is 53.3 Å². The number of nitrogens with zero attached hydrogens (tertiary/aromatic N) is 2. The van der Waals surface area contributed by atoms with E-state index < -0.39 is 31.7 Å². The first-order valence-electron chi connectivity index (χ1n) is 14.1. The fourth-order valence-electron chi connectivity index (χ4n) is 5.57. The van der Waals surface area contributed by atoms with Crippen molar-refractivity contribution in [2.75, 3.05) is 23.0 Å². The zero-order chi connectivity index (χ0) is 31.1. The lowest BCUT2D eigenvalue weighted by Crippen LogP contribution is -2.36. The second-order valence-electron chi connectivity index (χ2n) is 10.7. The number of allylic oxidation sites excluding steroid dienone is 2. The summed E-state index contributed by atoms with van der Waals surface area (Å²) in [6.45, 7) is 2.73. The number of benzene rings is 4. The van der Waals surface area contributed by atoms with Gasteiger partial charge in [-0.1, -0.05) is 77.7 Å². The van der Waals surface area contributed by atoms with Crippen LogP contribution in [0.15, 0.2) is 94.4 Å². The molecule has 0 spiro atoms. The SMILES string of the molecule is CC(=Cc1sc2c3ccccc3ccc2[n+]1CCCS(=O)(=O)[O-])C=C1Sc2c(ccc3ccccc23)N1CCCS(=O)(=O)[O-]. The highest BCUT2D eigenvalue weighted by molar-refractivity contribution is 8.04. The number of anilines is 1. The van der Waals surface area contributed by atoms with Crippen LogP contribution < -0.4 is 9.47 Å². The molecule has 12 heteroatoms. The molecule has 8 nitrogen and oxygen atoms in total. The van der Waals surface area contributed by atoms with Crippen molar-refractivity contribution >= 4 is 86.9 Å². The first-order chi connectivity index (χ1) is 21.0. The van der Waals surface area contributed by atoms with Gasteiger partial charge in [0, 0.05) is 46.9 Å². The number of thioether (sulfide) groups is 1. The van der Waals surface area contributed by atoms with E-state index in [1.54, 1.807) is 23.1 Å². The summed E-state index contributed by atoms with van der Waals surface area (Å²) in [7, 11) is -8.66. The molecule has 5 aromatic rings. The third kappa shape index (κ3) is 6.70. The van der Waals surface area contributed by atoms with Crippen molar-refractivity contribution in [3.8, 4) is 0 Å². The van der Waals surface area contributed by atoms with Crippen LogP contribution in [-0.4, -0.2) is 44.0 Å². The fraction of sp³-hybridized carbons (Fsp3) is 0.219. The average molecular weight is 666 g/mol. The van der Waals surface area contributed by atoms with Gasteiger partial charge in [0.05, 0.1) is 31.0 Å². The highest BCUT2D eigenvalue weighted by Gasteiger charge is 2.27. The van der Waals surface area contributed by atoms with Gasteiger partial charge in [0.2, 0.25) is 5.52 Å². The Morgan fingerprint density at radius 3 is 2.20 bits per heavy atom. The molecule has 0 fully saturated rings. The Kier molecular flexibility index (Phi) is 8.57. The third-order valence-corrected chi connectivity index (χ3v) is 11.4. The van der Waals surface area contributed by atoms with Gasteiger partial charge in [-0.2, -0.15) is 4.57 Å². The standard InChI is InChI=1S/C32H30N2O6S4/c1-22(20-29-33(16-6-18-43(35,36)37)27-14-12-23-8-2-4-10-25(23)31(27)41-29)21-30-34(17-7-19-44(38,39)40)28-15-13-24-9-3-5-11-26(24)32(28)42-30/h2-5,8-15,20-21H,6-7,16-19H2,1H3,(H-,35,36,37,38,39,40)/p-1. The molecule has 1 aliphatic rings. The molecule has 0 bridgehead atoms. The summed E-state index contributed by atoms with van der Waals surface area (Å²) in [5.74, 6) is -0.873. The summed E-state index contributed by atoms with van der Waals surface area (Å²) in [5.41, 5.74) is 2.88. The van der Waals surface area contributed by atoms with E-state index in [1.807, 2.05) is 55.5 Å². The molecular formula is C32H29N2O6S4-. The molecule has 4 aromatic carbocycles. The summed E-state index contributed by atoms with van der Waals surface area (Å²) in [4.78, 5) is 3.15. The van der Waals surface area contributed by atoms with Gasteiger partial charge in [0.25, 0.3) is 5.01 Å². The summed E-state index contributed by atoms with van der Waals surface area (Å²) >= 11 is 3.22. The van der Waals surface area contributed by atoms with Gasteiger partial charge < -0.3 is 14.0 Å². The van der Waals surface area contributed by atoms with Crippen LogP contribution in [0.4, 0.5) is 5.69 Å². The lowest BCUT2D eigenvalue weighted by Gasteiger charge is -2.21. The maximum Gasteiger partial charge on any atom is 0.263 e. The van der Waals surface area contributed by atoms with E-state index in [0.29, 0.717) is 13.1 Å². The second-order valence-corrected chi connectivity index (χ2v) is 15.8. The zero-order valence-electron chi connectivity index (χ0n) is 23.8. The highest BCUT2D eigenvalue weighted by atomic mass is 32.2. The molecule has 1 aliphatic heterocycles. The van der Waals surface area contributed by atoms with Crippen molar-refractivity contribution in [3.05, 3.63) is 94.5 Å². The van der Waals surface area contributed by atoms with Crippen LogP contribution in [0.2, 0.25) is 0 Å². The third-order valence-electron chi connectivity index (χ3n) is 7.50. The van der Waals surface area contributed by atoms with Crippen molar-refractivity contribution in [2.45, 2.75) is 31.2 Å². The molecule has 2 heterocycles. The molecule has 0 atom stereocenters. The predicted octanol–water partition coefficient (Wildman–Crippen LogP) is 6.22. The maximum absolute atomic E-state index is 11.4. The normalized spacial score (nSPS) is 15.2. The molecule has 0 aliphatic carbocycles. The van der Waals surface area contributed by atoms with Crippen molar-refractivity contribution in [1.29, 1.82) is 0 Å². The summed E-state index contributed by atoms with van der Waals surface area (Å²) in [6.07, 6.45) is 4.51. The zero-order valence-corrected chi connectivity index (χ0v) is 27.1. The van der Waals surface area contributed by atoms with Crippen LogP contribution in [-0.2, 0) is 26.8 Å². The summed E-state index contributed by atoms with van der Waals surface area (Å²) in [5, 5.41) is 6.25. The molecular weight excluding hydrogens is 637 g/mol. The Morgan fingerprint density at radius 2 is 1.48 bits per heavy atom. The molecule has 0 unspecified atom stereocenters. The smallest absolute Gasteiger partial charge is 0.263 e. The lowest BCUT2D eigenvalue weighted by molar-refractivity contribution is -0.668. The van der Waals surface area contributed by atoms with E-state index in [9.17, 15) is 25.9 Å². The second kappa shape index (κ2) is 12.3. The summed E-state index contributed by atoms with van der Waals surface area (Å²) < 4.78 is 71.3. The van der Waals surface area contributed by atoms with Crippen LogP contribution >= 0.6 is 23.1 Å². The Bertz CT molecular complexity index is 2190. The van der Waals surface area contributed by atoms with Gasteiger partial charge in [-0.25, -0.2) is 16.8 Å². The van der Waals surface area contributed by atoms with Crippen LogP contribution in [0.3, 0.4) is 0 Å². The van der Waals surface area contributed by atoms with E-state index in [0.717, 1.165) is 58.0 Å². The van der Waals surface area contributed by atoms with Crippen LogP contribution in [0.5, 0.6) is 0 Å².